The zero-order valence-electron chi connectivity index (χ0n) is 19.6. The van der Waals surface area contributed by atoms with Crippen LogP contribution in [0.4, 0.5) is 26.2 Å². The lowest BCUT2D eigenvalue weighted by Gasteiger charge is -2.27. The molecule has 0 saturated heterocycles. The van der Waals surface area contributed by atoms with Crippen molar-refractivity contribution in [1.29, 1.82) is 0 Å². The number of aromatic nitrogens is 5. The Kier molecular flexibility index (Phi) is 5.04. The summed E-state index contributed by atoms with van der Waals surface area (Å²) < 4.78 is 27.6. The molecule has 2 unspecified atom stereocenters. The van der Waals surface area contributed by atoms with Gasteiger partial charge in [0.15, 0.2) is 17.5 Å². The van der Waals surface area contributed by atoms with Crippen LogP contribution in [0.15, 0.2) is 42.9 Å². The van der Waals surface area contributed by atoms with Gasteiger partial charge in [-0.15, -0.1) is 0 Å². The van der Waals surface area contributed by atoms with Gasteiger partial charge in [0.2, 0.25) is 5.95 Å². The number of nitrogens with one attached hydrogen (secondary N) is 2. The van der Waals surface area contributed by atoms with E-state index in [1.807, 2.05) is 6.20 Å². The summed E-state index contributed by atoms with van der Waals surface area (Å²) in [6.45, 7) is 0. The summed E-state index contributed by atoms with van der Waals surface area (Å²) in [6, 6.07) is 5.98. The monoisotopic (exact) mass is 485 g/mol. The number of rotatable bonds is 6. The molecule has 4 heterocycles. The SMILES string of the molecule is Fc1ccc(F)c(Nc2cc(-c3nc(NC4C5CCC[C@H]54)c4c(C5CCC5)cncc4n3)ccn2)n1. The maximum Gasteiger partial charge on any atom is 0.214 e. The molecule has 2 N–H and O–H groups in total. The molecule has 7 rings (SSSR count). The second kappa shape index (κ2) is 8.43. The van der Waals surface area contributed by atoms with Gasteiger partial charge in [-0.05, 0) is 73.3 Å². The smallest absolute Gasteiger partial charge is 0.214 e. The molecule has 0 aliphatic heterocycles. The molecule has 4 aromatic rings. The summed E-state index contributed by atoms with van der Waals surface area (Å²) in [4.78, 5) is 22.2. The van der Waals surface area contributed by atoms with Crippen molar-refractivity contribution < 1.29 is 8.78 Å². The summed E-state index contributed by atoms with van der Waals surface area (Å²) in [5.74, 6) is 2.02. The minimum absolute atomic E-state index is 0.226. The zero-order valence-corrected chi connectivity index (χ0v) is 19.6. The Hall–Kier alpha value is -3.75. The molecule has 0 bridgehead atoms. The highest BCUT2D eigenvalue weighted by atomic mass is 19.1. The number of fused-ring (bicyclic) bond motifs is 2. The Morgan fingerprint density at radius 2 is 1.69 bits per heavy atom. The van der Waals surface area contributed by atoms with Crippen molar-refractivity contribution in [1.82, 2.24) is 24.9 Å². The van der Waals surface area contributed by atoms with Crippen LogP contribution in [-0.4, -0.2) is 31.0 Å². The first-order valence-electron chi connectivity index (χ1n) is 12.6. The van der Waals surface area contributed by atoms with E-state index in [-0.39, 0.29) is 5.82 Å². The van der Waals surface area contributed by atoms with Crippen LogP contribution < -0.4 is 10.6 Å². The number of hydrogen-bond donors (Lipinski definition) is 2. The van der Waals surface area contributed by atoms with Crippen molar-refractivity contribution in [2.75, 3.05) is 10.6 Å². The van der Waals surface area contributed by atoms with E-state index in [0.717, 1.165) is 40.7 Å². The van der Waals surface area contributed by atoms with Crippen LogP contribution in [0, 0.1) is 23.6 Å². The maximum absolute atomic E-state index is 14.1. The van der Waals surface area contributed by atoms with Gasteiger partial charge in [0.1, 0.15) is 11.6 Å². The first-order chi connectivity index (χ1) is 17.6. The van der Waals surface area contributed by atoms with Crippen molar-refractivity contribution in [2.24, 2.45) is 11.8 Å². The summed E-state index contributed by atoms with van der Waals surface area (Å²) in [5, 5.41) is 7.60. The molecule has 182 valence electrons. The highest BCUT2D eigenvalue weighted by Crippen LogP contribution is 2.53. The molecule has 3 fully saturated rings. The number of nitrogens with zero attached hydrogens (tertiary/aromatic N) is 5. The predicted molar refractivity (Wildman–Crippen MR) is 133 cm³/mol. The van der Waals surface area contributed by atoms with Crippen molar-refractivity contribution in [3.63, 3.8) is 0 Å². The highest BCUT2D eigenvalue weighted by molar-refractivity contribution is 5.93. The lowest BCUT2D eigenvalue weighted by Crippen LogP contribution is -2.14. The number of halogens is 2. The highest BCUT2D eigenvalue weighted by Gasteiger charge is 2.53. The average molecular weight is 486 g/mol. The van der Waals surface area contributed by atoms with Gasteiger partial charge in [-0.3, -0.25) is 4.98 Å². The Labute approximate surface area is 206 Å². The van der Waals surface area contributed by atoms with E-state index in [4.69, 9.17) is 9.97 Å². The van der Waals surface area contributed by atoms with E-state index in [2.05, 4.69) is 25.6 Å². The van der Waals surface area contributed by atoms with Crippen molar-refractivity contribution >= 4 is 28.4 Å². The van der Waals surface area contributed by atoms with Gasteiger partial charge in [-0.1, -0.05) is 12.8 Å². The molecular weight excluding hydrogens is 460 g/mol. The number of anilines is 3. The van der Waals surface area contributed by atoms with Crippen LogP contribution in [0.3, 0.4) is 0 Å². The Balaban J connectivity index is 1.28. The van der Waals surface area contributed by atoms with Crippen molar-refractivity contribution in [3.05, 3.63) is 60.2 Å². The molecule has 0 spiro atoms. The summed E-state index contributed by atoms with van der Waals surface area (Å²) in [5.41, 5.74) is 2.74. The number of hydrogen-bond acceptors (Lipinski definition) is 7. The molecular formula is C27H25F2N7. The van der Waals surface area contributed by atoms with Crippen LogP contribution in [0.2, 0.25) is 0 Å². The van der Waals surface area contributed by atoms with Crippen LogP contribution in [0.1, 0.15) is 50.0 Å². The lowest BCUT2D eigenvalue weighted by atomic mass is 9.79. The minimum atomic E-state index is -0.775. The molecule has 36 heavy (non-hydrogen) atoms. The molecule has 0 aromatic carbocycles. The summed E-state index contributed by atoms with van der Waals surface area (Å²) >= 11 is 0. The van der Waals surface area contributed by atoms with Crippen LogP contribution in [-0.2, 0) is 0 Å². The standard InChI is InChI=1S/C27H25F2N7/c28-19-7-8-21(29)33-26(19)34-22-11-15(9-10-31-22)25-32-20-13-30-12-18(14-3-1-4-14)23(20)27(36-25)35-24-16-5-2-6-17(16)24/h7-14,16-17,24H,1-6H2,(H,31,33,34)(H,32,35,36)/t16-,17?,24?/m1/s1. The van der Waals surface area contributed by atoms with E-state index < -0.39 is 11.8 Å². The Morgan fingerprint density at radius 1 is 0.861 bits per heavy atom. The molecule has 0 amide bonds. The molecule has 4 aromatic heterocycles. The van der Waals surface area contributed by atoms with Gasteiger partial charge in [0.25, 0.3) is 0 Å². The van der Waals surface area contributed by atoms with Crippen LogP contribution >= 0.6 is 0 Å². The third-order valence-electron chi connectivity index (χ3n) is 7.97. The second-order valence-electron chi connectivity index (χ2n) is 10.1. The zero-order chi connectivity index (χ0) is 24.2. The third-order valence-corrected chi connectivity index (χ3v) is 7.97. The van der Waals surface area contributed by atoms with Gasteiger partial charge >= 0.3 is 0 Å². The van der Waals surface area contributed by atoms with E-state index in [0.29, 0.717) is 29.2 Å². The van der Waals surface area contributed by atoms with E-state index in [1.54, 1.807) is 24.5 Å². The topological polar surface area (TPSA) is 88.5 Å². The summed E-state index contributed by atoms with van der Waals surface area (Å²) in [6.07, 6.45) is 12.8. The van der Waals surface area contributed by atoms with Gasteiger partial charge in [-0.25, -0.2) is 19.3 Å². The summed E-state index contributed by atoms with van der Waals surface area (Å²) in [7, 11) is 0. The second-order valence-corrected chi connectivity index (χ2v) is 10.1. The maximum atomic E-state index is 14.1. The molecule has 0 radical (unpaired) electrons. The molecule has 3 aliphatic rings. The largest absolute Gasteiger partial charge is 0.366 e. The van der Waals surface area contributed by atoms with Gasteiger partial charge < -0.3 is 10.6 Å². The molecule has 3 saturated carbocycles. The van der Waals surface area contributed by atoms with Crippen LogP contribution in [0.5, 0.6) is 0 Å². The van der Waals surface area contributed by atoms with Crippen molar-refractivity contribution in [3.8, 4) is 11.4 Å². The van der Waals surface area contributed by atoms with Gasteiger partial charge in [0.05, 0.1) is 11.7 Å². The number of pyridine rings is 3. The lowest BCUT2D eigenvalue weighted by molar-refractivity contribution is 0.421. The fraction of sp³-hybridized carbons (Fsp3) is 0.370. The molecule has 3 atom stereocenters. The fourth-order valence-electron chi connectivity index (χ4n) is 5.83. The first kappa shape index (κ1) is 21.5. The molecule has 7 nitrogen and oxygen atoms in total. The Bertz CT molecular complexity index is 1460. The predicted octanol–water partition coefficient (Wildman–Crippen LogP) is 5.98. The Morgan fingerprint density at radius 3 is 2.50 bits per heavy atom. The van der Waals surface area contributed by atoms with E-state index in [9.17, 15) is 8.78 Å². The quantitative estimate of drug-likeness (QED) is 0.325. The van der Waals surface area contributed by atoms with Crippen LogP contribution in [0.25, 0.3) is 22.3 Å². The fourth-order valence-corrected chi connectivity index (χ4v) is 5.83. The average Bonchev–Trinajstić information content (AvgIpc) is 3.25. The first-order valence-corrected chi connectivity index (χ1v) is 12.6. The molecule has 3 aliphatic carbocycles. The molecule has 9 heteroatoms. The van der Waals surface area contributed by atoms with E-state index in [1.165, 1.54) is 44.1 Å². The van der Waals surface area contributed by atoms with Gasteiger partial charge in [0, 0.05) is 29.4 Å². The van der Waals surface area contributed by atoms with Crippen molar-refractivity contribution in [2.45, 2.75) is 50.5 Å². The minimum Gasteiger partial charge on any atom is -0.366 e. The third kappa shape index (κ3) is 3.73. The van der Waals surface area contributed by atoms with E-state index >= 15 is 0 Å². The van der Waals surface area contributed by atoms with Gasteiger partial charge in [-0.2, -0.15) is 9.37 Å². The normalized spacial score (nSPS) is 22.8.